The minimum absolute atomic E-state index is 0.0807. The Kier molecular flexibility index (Phi) is 4.72. The monoisotopic (exact) mass is 345 g/mol. The molecule has 7 nitrogen and oxygen atoms in total. The van der Waals surface area contributed by atoms with Gasteiger partial charge >= 0.3 is 0 Å². The van der Waals surface area contributed by atoms with E-state index in [1.54, 1.807) is 4.68 Å². The second kappa shape index (κ2) is 7.14. The maximum Gasteiger partial charge on any atom is 0.244 e. The number of piperidine rings is 1. The first kappa shape index (κ1) is 16.5. The Hall–Kier alpha value is -1.92. The second-order valence-electron chi connectivity index (χ2n) is 7.66. The van der Waals surface area contributed by atoms with Gasteiger partial charge in [-0.2, -0.15) is 0 Å². The number of hydrogen-bond donors (Lipinski definition) is 0. The molecular formula is C18H27N5O2. The molecule has 0 atom stereocenters. The molecule has 0 bridgehead atoms. The number of aromatic nitrogens is 3. The topological polar surface area (TPSA) is 71.3 Å². The highest BCUT2D eigenvalue weighted by Gasteiger charge is 2.31. The highest BCUT2D eigenvalue weighted by Crippen LogP contribution is 2.34. The van der Waals surface area contributed by atoms with Crippen LogP contribution in [-0.4, -0.2) is 62.8 Å². The molecule has 1 saturated carbocycles. The van der Waals surface area contributed by atoms with Crippen molar-refractivity contribution in [3.63, 3.8) is 0 Å². The van der Waals surface area contributed by atoms with E-state index in [4.69, 9.17) is 0 Å². The van der Waals surface area contributed by atoms with Crippen LogP contribution in [0.1, 0.15) is 56.6 Å². The normalized spacial score (nSPS) is 22.2. The van der Waals surface area contributed by atoms with Gasteiger partial charge in [0.05, 0.1) is 5.69 Å². The highest BCUT2D eigenvalue weighted by atomic mass is 16.2. The molecule has 3 heterocycles. The van der Waals surface area contributed by atoms with Crippen molar-refractivity contribution >= 4 is 11.8 Å². The van der Waals surface area contributed by atoms with E-state index in [0.717, 1.165) is 44.5 Å². The van der Waals surface area contributed by atoms with Crippen LogP contribution in [0.3, 0.4) is 0 Å². The number of likely N-dealkylation sites (tertiary alicyclic amines) is 2. The molecule has 3 aliphatic rings. The van der Waals surface area contributed by atoms with E-state index in [1.165, 1.54) is 19.3 Å². The quantitative estimate of drug-likeness (QED) is 0.827. The second-order valence-corrected chi connectivity index (χ2v) is 7.66. The summed E-state index contributed by atoms with van der Waals surface area (Å²) in [6, 6.07) is 0. The fraction of sp³-hybridized carbons (Fsp3) is 0.778. The highest BCUT2D eigenvalue weighted by molar-refractivity contribution is 5.80. The molecule has 2 amide bonds. The first-order valence-corrected chi connectivity index (χ1v) is 9.67. The molecule has 0 spiro atoms. The summed E-state index contributed by atoms with van der Waals surface area (Å²) in [5.41, 5.74) is 1.02. The van der Waals surface area contributed by atoms with Crippen molar-refractivity contribution in [1.29, 1.82) is 0 Å². The Labute approximate surface area is 148 Å². The molecule has 25 heavy (non-hydrogen) atoms. The smallest absolute Gasteiger partial charge is 0.244 e. The van der Waals surface area contributed by atoms with Gasteiger partial charge in [0.25, 0.3) is 0 Å². The van der Waals surface area contributed by atoms with Gasteiger partial charge in [-0.15, -0.1) is 5.10 Å². The first-order valence-electron chi connectivity index (χ1n) is 9.67. The van der Waals surface area contributed by atoms with Crippen molar-refractivity contribution in [3.8, 4) is 0 Å². The Bertz CT molecular complexity index is 625. The lowest BCUT2D eigenvalue weighted by molar-refractivity contribution is -0.140. The van der Waals surface area contributed by atoms with E-state index in [1.807, 2.05) is 16.0 Å². The zero-order valence-electron chi connectivity index (χ0n) is 14.8. The summed E-state index contributed by atoms with van der Waals surface area (Å²) in [7, 11) is 0. The van der Waals surface area contributed by atoms with E-state index in [-0.39, 0.29) is 18.4 Å². The Morgan fingerprint density at radius 3 is 2.32 bits per heavy atom. The van der Waals surface area contributed by atoms with Crippen LogP contribution in [0.15, 0.2) is 6.20 Å². The number of amides is 2. The summed E-state index contributed by atoms with van der Waals surface area (Å²) in [5, 5.41) is 8.32. The Morgan fingerprint density at radius 1 is 0.960 bits per heavy atom. The number of carbonyl (C=O) groups is 2. The minimum Gasteiger partial charge on any atom is -0.342 e. The molecular weight excluding hydrogens is 318 g/mol. The Balaban J connectivity index is 1.26. The third-order valence-corrected chi connectivity index (χ3v) is 5.99. The molecule has 2 aliphatic heterocycles. The predicted molar refractivity (Wildman–Crippen MR) is 91.7 cm³/mol. The van der Waals surface area contributed by atoms with Gasteiger partial charge in [-0.25, -0.2) is 4.68 Å². The van der Waals surface area contributed by atoms with Crippen LogP contribution in [0, 0.1) is 5.92 Å². The van der Waals surface area contributed by atoms with Crippen LogP contribution in [0.4, 0.5) is 0 Å². The third kappa shape index (κ3) is 3.55. The summed E-state index contributed by atoms with van der Waals surface area (Å²) >= 11 is 0. The van der Waals surface area contributed by atoms with Crippen molar-refractivity contribution in [2.45, 2.75) is 57.4 Å². The fourth-order valence-electron chi connectivity index (χ4n) is 4.09. The molecule has 0 aromatic carbocycles. The van der Waals surface area contributed by atoms with Crippen LogP contribution in [0.5, 0.6) is 0 Å². The van der Waals surface area contributed by atoms with Gasteiger partial charge in [0, 0.05) is 44.2 Å². The zero-order chi connectivity index (χ0) is 17.2. The van der Waals surface area contributed by atoms with Gasteiger partial charge in [-0.1, -0.05) is 11.6 Å². The first-order chi connectivity index (χ1) is 12.2. The number of nitrogens with zero attached hydrogens (tertiary/aromatic N) is 5. The van der Waals surface area contributed by atoms with Gasteiger partial charge in [0.1, 0.15) is 6.54 Å². The summed E-state index contributed by atoms with van der Waals surface area (Å²) in [5.74, 6) is 1.01. The van der Waals surface area contributed by atoms with E-state index in [0.29, 0.717) is 24.9 Å². The molecule has 136 valence electrons. The van der Waals surface area contributed by atoms with Crippen molar-refractivity contribution in [3.05, 3.63) is 11.9 Å². The fourth-order valence-corrected chi connectivity index (χ4v) is 4.09. The van der Waals surface area contributed by atoms with Gasteiger partial charge in [0.15, 0.2) is 0 Å². The van der Waals surface area contributed by atoms with Gasteiger partial charge < -0.3 is 9.80 Å². The van der Waals surface area contributed by atoms with Crippen molar-refractivity contribution < 1.29 is 9.59 Å². The van der Waals surface area contributed by atoms with E-state index < -0.39 is 0 Å². The van der Waals surface area contributed by atoms with Crippen LogP contribution in [0.25, 0.3) is 0 Å². The van der Waals surface area contributed by atoms with Gasteiger partial charge in [-0.3, -0.25) is 9.59 Å². The summed E-state index contributed by atoms with van der Waals surface area (Å²) in [6.45, 7) is 3.42. The van der Waals surface area contributed by atoms with Crippen LogP contribution in [-0.2, 0) is 16.1 Å². The molecule has 1 aliphatic carbocycles. The zero-order valence-corrected chi connectivity index (χ0v) is 14.8. The molecule has 0 N–H and O–H groups in total. The standard InChI is InChI=1S/C18H27N5O2/c24-17(13-23-12-16(19-20-23)14-4-3-5-14)21-10-6-15(7-11-21)18(25)22-8-1-2-9-22/h12,14-15H,1-11,13H2. The molecule has 4 rings (SSSR count). The summed E-state index contributed by atoms with van der Waals surface area (Å²) in [4.78, 5) is 28.8. The van der Waals surface area contributed by atoms with Crippen molar-refractivity contribution in [2.24, 2.45) is 5.92 Å². The molecule has 0 radical (unpaired) electrons. The Morgan fingerprint density at radius 2 is 1.68 bits per heavy atom. The van der Waals surface area contributed by atoms with Crippen molar-refractivity contribution in [2.75, 3.05) is 26.2 Å². The SMILES string of the molecule is O=C(Cn1cc(C2CCC2)nn1)N1CCC(C(=O)N2CCCC2)CC1. The van der Waals surface area contributed by atoms with Crippen LogP contribution >= 0.6 is 0 Å². The maximum atomic E-state index is 12.5. The van der Waals surface area contributed by atoms with Crippen molar-refractivity contribution in [1.82, 2.24) is 24.8 Å². The van der Waals surface area contributed by atoms with E-state index >= 15 is 0 Å². The molecule has 0 unspecified atom stereocenters. The van der Waals surface area contributed by atoms with Crippen LogP contribution in [0.2, 0.25) is 0 Å². The third-order valence-electron chi connectivity index (χ3n) is 5.99. The van der Waals surface area contributed by atoms with Gasteiger partial charge in [-0.05, 0) is 38.5 Å². The van der Waals surface area contributed by atoms with E-state index in [2.05, 4.69) is 10.3 Å². The summed E-state index contributed by atoms with van der Waals surface area (Å²) in [6.07, 6.45) is 9.38. The molecule has 3 fully saturated rings. The predicted octanol–water partition coefficient (Wildman–Crippen LogP) is 1.41. The lowest BCUT2D eigenvalue weighted by atomic mass is 9.83. The molecule has 1 aromatic rings. The minimum atomic E-state index is 0.0807. The lowest BCUT2D eigenvalue weighted by Gasteiger charge is -2.33. The van der Waals surface area contributed by atoms with Crippen LogP contribution < -0.4 is 0 Å². The average molecular weight is 345 g/mol. The molecule has 7 heteroatoms. The lowest BCUT2D eigenvalue weighted by Crippen LogP contribution is -2.44. The van der Waals surface area contributed by atoms with E-state index in [9.17, 15) is 9.59 Å². The number of hydrogen-bond acceptors (Lipinski definition) is 4. The largest absolute Gasteiger partial charge is 0.342 e. The molecule has 2 saturated heterocycles. The number of carbonyl (C=O) groups excluding carboxylic acids is 2. The van der Waals surface area contributed by atoms with Gasteiger partial charge in [0.2, 0.25) is 11.8 Å². The number of rotatable bonds is 4. The average Bonchev–Trinajstić information content (AvgIpc) is 3.25. The maximum absolute atomic E-state index is 12.5. The molecule has 1 aromatic heterocycles. The summed E-state index contributed by atoms with van der Waals surface area (Å²) < 4.78 is 1.66.